The third-order valence-electron chi connectivity index (χ3n) is 0.823. The van der Waals surface area contributed by atoms with Gasteiger partial charge in [-0.15, -0.1) is 11.6 Å². The van der Waals surface area contributed by atoms with Crippen LogP contribution >= 0.6 is 45.8 Å². The van der Waals surface area contributed by atoms with Crippen LogP contribution in [0.3, 0.4) is 0 Å². The quantitative estimate of drug-likeness (QED) is 0.552. The molecule has 0 saturated carbocycles. The molecule has 0 aliphatic rings. The van der Waals surface area contributed by atoms with Crippen molar-refractivity contribution in [3.05, 3.63) is 0 Å². The van der Waals surface area contributed by atoms with E-state index in [1.807, 2.05) is 0 Å². The van der Waals surface area contributed by atoms with Gasteiger partial charge in [0.25, 0.3) is 5.13 Å². The van der Waals surface area contributed by atoms with E-state index in [0.29, 0.717) is 22.6 Å². The van der Waals surface area contributed by atoms with Crippen LogP contribution in [0.25, 0.3) is 0 Å². The standard InChI is InChI=1S/C4H4Cl2F3I/c5-2-1-3(6,7)4(8,9)10/h1-2H2. The van der Waals surface area contributed by atoms with Crippen LogP contribution in [-0.4, -0.2) is 14.9 Å². The van der Waals surface area contributed by atoms with Gasteiger partial charge in [-0.05, 0) is 0 Å². The molecule has 0 rings (SSSR count). The zero-order valence-electron chi connectivity index (χ0n) is 4.68. The van der Waals surface area contributed by atoms with Crippen molar-refractivity contribution in [2.75, 3.05) is 5.88 Å². The minimum Gasteiger partial charge on any atom is -0.218 e. The number of halogens is 6. The second-order valence-corrected chi connectivity index (χ2v) is 3.97. The van der Waals surface area contributed by atoms with E-state index in [9.17, 15) is 13.2 Å². The molecule has 0 bridgehead atoms. The summed E-state index contributed by atoms with van der Waals surface area (Å²) in [6.07, 6.45) is -0.563. The van der Waals surface area contributed by atoms with Gasteiger partial charge in [-0.2, -0.15) is 8.78 Å². The zero-order chi connectivity index (χ0) is 8.41. The van der Waals surface area contributed by atoms with Gasteiger partial charge in [0.05, 0.1) is 0 Å². The lowest BCUT2D eigenvalue weighted by atomic mass is 10.3. The van der Waals surface area contributed by atoms with E-state index in [1.165, 1.54) is 0 Å². The molecule has 62 valence electrons. The molecule has 1 atom stereocenters. The van der Waals surface area contributed by atoms with E-state index in [2.05, 4.69) is 0 Å². The smallest absolute Gasteiger partial charge is 0.218 e. The first-order valence-electron chi connectivity index (χ1n) is 2.32. The largest absolute Gasteiger partial charge is 0.343 e. The fourth-order valence-electron chi connectivity index (χ4n) is 0.260. The fraction of sp³-hybridized carbons (Fsp3) is 1.00. The second kappa shape index (κ2) is 3.67. The lowest BCUT2D eigenvalue weighted by Gasteiger charge is -2.21. The van der Waals surface area contributed by atoms with Crippen LogP contribution < -0.4 is 0 Å². The van der Waals surface area contributed by atoms with E-state index < -0.39 is 15.5 Å². The molecule has 0 aromatic carbocycles. The molecule has 1 unspecified atom stereocenters. The average molecular weight is 307 g/mol. The first kappa shape index (κ1) is 11.1. The van der Waals surface area contributed by atoms with Crippen LogP contribution in [0.15, 0.2) is 0 Å². The maximum absolute atomic E-state index is 12.5. The molecule has 0 radical (unpaired) electrons. The first-order valence-corrected chi connectivity index (χ1v) is 4.31. The van der Waals surface area contributed by atoms with E-state index in [4.69, 9.17) is 23.2 Å². The van der Waals surface area contributed by atoms with Gasteiger partial charge < -0.3 is 0 Å². The Morgan fingerprint density at radius 2 is 1.70 bits per heavy atom. The Balaban J connectivity index is 4.10. The van der Waals surface area contributed by atoms with Gasteiger partial charge in [0, 0.05) is 34.9 Å². The number of hydrogen-bond donors (Lipinski definition) is 0. The van der Waals surface area contributed by atoms with Crippen molar-refractivity contribution in [1.82, 2.24) is 0 Å². The second-order valence-electron chi connectivity index (χ2n) is 1.64. The molecule has 6 heteroatoms. The molecule has 0 aliphatic carbocycles. The molecular weight excluding hydrogens is 303 g/mol. The molecule has 0 amide bonds. The Bertz CT molecular complexity index is 112. The molecular formula is C4H4Cl2F3I. The molecule has 0 saturated heterocycles. The number of rotatable bonds is 3. The SMILES string of the molecule is FC(F)(I)C(F)(Cl)CCCl. The Hall–Kier alpha value is 1.10. The van der Waals surface area contributed by atoms with Crippen molar-refractivity contribution in [2.24, 2.45) is 0 Å². The van der Waals surface area contributed by atoms with Crippen LogP contribution in [-0.2, 0) is 0 Å². The summed E-state index contributed by atoms with van der Waals surface area (Å²) in [5.41, 5.74) is 0. The molecule has 0 spiro atoms. The zero-order valence-corrected chi connectivity index (χ0v) is 8.35. The van der Waals surface area contributed by atoms with Gasteiger partial charge in [-0.25, -0.2) is 4.39 Å². The Morgan fingerprint density at radius 3 is 1.80 bits per heavy atom. The molecule has 0 aromatic rings. The minimum absolute atomic E-state index is 0.224. The topological polar surface area (TPSA) is 0 Å². The normalized spacial score (nSPS) is 18.6. The van der Waals surface area contributed by atoms with Gasteiger partial charge >= 0.3 is 3.93 Å². The Labute approximate surface area is 80.2 Å². The van der Waals surface area contributed by atoms with E-state index >= 15 is 0 Å². The molecule has 0 heterocycles. The van der Waals surface area contributed by atoms with Crippen molar-refractivity contribution in [2.45, 2.75) is 15.5 Å². The summed E-state index contributed by atoms with van der Waals surface area (Å²) in [7, 11) is 0. The molecule has 0 aromatic heterocycles. The van der Waals surface area contributed by atoms with Gasteiger partial charge in [-0.1, -0.05) is 11.6 Å². The summed E-state index contributed by atoms with van der Waals surface area (Å²) in [5, 5.41) is -3.02. The monoisotopic (exact) mass is 306 g/mol. The van der Waals surface area contributed by atoms with Gasteiger partial charge in [0.15, 0.2) is 0 Å². The van der Waals surface area contributed by atoms with Crippen molar-refractivity contribution < 1.29 is 13.2 Å². The highest BCUT2D eigenvalue weighted by Crippen LogP contribution is 2.44. The number of hydrogen-bond acceptors (Lipinski definition) is 0. The summed E-state index contributed by atoms with van der Waals surface area (Å²) >= 11 is 10.5. The summed E-state index contributed by atoms with van der Waals surface area (Å²) in [4.78, 5) is 0. The summed E-state index contributed by atoms with van der Waals surface area (Å²) in [6.45, 7) is 0. The molecule has 10 heavy (non-hydrogen) atoms. The third kappa shape index (κ3) is 3.00. The molecule has 0 nitrogen and oxygen atoms in total. The van der Waals surface area contributed by atoms with Crippen LogP contribution in [0.5, 0.6) is 0 Å². The molecule has 0 aliphatic heterocycles. The van der Waals surface area contributed by atoms with E-state index in [0.717, 1.165) is 0 Å². The first-order chi connectivity index (χ1) is 4.31. The highest BCUT2D eigenvalue weighted by atomic mass is 127. The molecule has 0 fully saturated rings. The van der Waals surface area contributed by atoms with E-state index in [-0.39, 0.29) is 5.88 Å². The highest BCUT2D eigenvalue weighted by Gasteiger charge is 2.50. The van der Waals surface area contributed by atoms with Crippen LogP contribution in [0.4, 0.5) is 13.2 Å². The van der Waals surface area contributed by atoms with Crippen LogP contribution in [0.2, 0.25) is 0 Å². The molecule has 0 N–H and O–H groups in total. The van der Waals surface area contributed by atoms with Crippen LogP contribution in [0, 0.1) is 0 Å². The third-order valence-corrected chi connectivity index (χ3v) is 2.61. The van der Waals surface area contributed by atoms with Crippen molar-refractivity contribution in [3.63, 3.8) is 0 Å². The summed E-state index contributed by atoms with van der Waals surface area (Å²) in [6, 6.07) is 0. The predicted octanol–water partition coefficient (Wildman–Crippen LogP) is 3.55. The fourth-order valence-corrected chi connectivity index (χ4v) is 0.982. The summed E-state index contributed by atoms with van der Waals surface area (Å²) in [5.74, 6) is -0.224. The van der Waals surface area contributed by atoms with Crippen LogP contribution in [0.1, 0.15) is 6.42 Å². The lowest BCUT2D eigenvalue weighted by Crippen LogP contribution is -2.33. The van der Waals surface area contributed by atoms with Crippen molar-refractivity contribution >= 4 is 45.8 Å². The minimum atomic E-state index is -3.57. The van der Waals surface area contributed by atoms with E-state index in [1.54, 1.807) is 0 Å². The Morgan fingerprint density at radius 1 is 1.30 bits per heavy atom. The lowest BCUT2D eigenvalue weighted by molar-refractivity contribution is 0.00354. The maximum atomic E-state index is 12.5. The highest BCUT2D eigenvalue weighted by molar-refractivity contribution is 14.1. The van der Waals surface area contributed by atoms with Gasteiger partial charge in [0.1, 0.15) is 0 Å². The summed E-state index contributed by atoms with van der Waals surface area (Å²) < 4.78 is 33.2. The predicted molar refractivity (Wildman–Crippen MR) is 44.0 cm³/mol. The average Bonchev–Trinajstić information content (AvgIpc) is 1.61. The van der Waals surface area contributed by atoms with Gasteiger partial charge in [-0.3, -0.25) is 0 Å². The van der Waals surface area contributed by atoms with Crippen molar-refractivity contribution in [3.8, 4) is 0 Å². The van der Waals surface area contributed by atoms with Crippen molar-refractivity contribution in [1.29, 1.82) is 0 Å². The van der Waals surface area contributed by atoms with Gasteiger partial charge in [0.2, 0.25) is 0 Å². The maximum Gasteiger partial charge on any atom is 0.343 e. The Kier molecular flexibility index (Phi) is 4.07. The number of alkyl halides is 6.